The molecule has 25 heavy (non-hydrogen) atoms. The highest BCUT2D eigenvalue weighted by molar-refractivity contribution is 5.75. The van der Waals surface area contributed by atoms with Crippen molar-refractivity contribution >= 4 is 5.91 Å². The normalized spacial score (nSPS) is 10.4. The number of imidazole rings is 1. The van der Waals surface area contributed by atoms with E-state index in [1.807, 2.05) is 65.4 Å². The Labute approximate surface area is 147 Å². The van der Waals surface area contributed by atoms with Crippen LogP contribution in [-0.4, -0.2) is 15.5 Å². The Kier molecular flexibility index (Phi) is 5.82. The third-order valence-corrected chi connectivity index (χ3v) is 3.82. The number of aryl methyl sites for hydroxylation is 1. The molecule has 1 amide bonds. The number of para-hydroxylation sites is 1. The maximum atomic E-state index is 11.9. The van der Waals surface area contributed by atoms with Crippen LogP contribution in [0.15, 0.2) is 73.3 Å². The maximum Gasteiger partial charge on any atom is 0.222 e. The largest absolute Gasteiger partial charge is 0.489 e. The average Bonchev–Trinajstić information content (AvgIpc) is 3.18. The first-order chi connectivity index (χ1) is 12.3. The van der Waals surface area contributed by atoms with Crippen molar-refractivity contribution in [1.29, 1.82) is 0 Å². The second-order valence-electron chi connectivity index (χ2n) is 5.75. The summed E-state index contributed by atoms with van der Waals surface area (Å²) in [6, 6.07) is 17.8. The Morgan fingerprint density at radius 2 is 1.80 bits per heavy atom. The molecule has 0 spiro atoms. The quantitative estimate of drug-likeness (QED) is 0.688. The molecular formula is C20H21N3O2. The third-order valence-electron chi connectivity index (χ3n) is 3.82. The van der Waals surface area contributed by atoms with Crippen LogP contribution in [0.2, 0.25) is 0 Å². The molecule has 0 saturated carbocycles. The number of hydrogen-bond acceptors (Lipinski definition) is 3. The van der Waals surface area contributed by atoms with E-state index in [0.29, 0.717) is 26.1 Å². The van der Waals surface area contributed by atoms with Crippen LogP contribution in [0.1, 0.15) is 17.5 Å². The van der Waals surface area contributed by atoms with E-state index >= 15 is 0 Å². The molecule has 0 atom stereocenters. The van der Waals surface area contributed by atoms with E-state index in [-0.39, 0.29) is 5.91 Å². The third kappa shape index (κ3) is 5.49. The van der Waals surface area contributed by atoms with Gasteiger partial charge in [0.05, 0.1) is 6.33 Å². The molecule has 5 nitrogen and oxygen atoms in total. The van der Waals surface area contributed by atoms with Crippen LogP contribution in [0.3, 0.4) is 0 Å². The lowest BCUT2D eigenvalue weighted by Crippen LogP contribution is -2.23. The molecule has 0 saturated heterocycles. The van der Waals surface area contributed by atoms with Crippen LogP contribution >= 0.6 is 0 Å². The van der Waals surface area contributed by atoms with E-state index in [1.54, 1.807) is 12.5 Å². The Morgan fingerprint density at radius 3 is 2.52 bits per heavy atom. The fourth-order valence-electron chi connectivity index (χ4n) is 2.38. The molecule has 0 aliphatic carbocycles. The molecule has 2 aromatic carbocycles. The van der Waals surface area contributed by atoms with Gasteiger partial charge in [-0.15, -0.1) is 0 Å². The van der Waals surface area contributed by atoms with Gasteiger partial charge in [-0.1, -0.05) is 42.5 Å². The number of hydrogen-bond donors (Lipinski definition) is 1. The molecular weight excluding hydrogens is 314 g/mol. The van der Waals surface area contributed by atoms with E-state index in [4.69, 9.17) is 4.74 Å². The zero-order valence-corrected chi connectivity index (χ0v) is 14.0. The lowest BCUT2D eigenvalue weighted by molar-refractivity contribution is -0.121. The summed E-state index contributed by atoms with van der Waals surface area (Å²) in [7, 11) is 0. The maximum absolute atomic E-state index is 11.9. The van der Waals surface area contributed by atoms with Gasteiger partial charge in [-0.25, -0.2) is 4.98 Å². The van der Waals surface area contributed by atoms with E-state index < -0.39 is 0 Å². The Bertz CT molecular complexity index is 768. The van der Waals surface area contributed by atoms with Crippen molar-refractivity contribution in [2.24, 2.45) is 0 Å². The second kappa shape index (κ2) is 8.68. The number of carbonyl (C=O) groups excluding carboxylic acids is 1. The van der Waals surface area contributed by atoms with Crippen molar-refractivity contribution in [1.82, 2.24) is 14.9 Å². The lowest BCUT2D eigenvalue weighted by Gasteiger charge is -2.08. The van der Waals surface area contributed by atoms with Crippen LogP contribution in [0.4, 0.5) is 0 Å². The molecule has 3 aromatic rings. The average molecular weight is 335 g/mol. The molecule has 1 aromatic heterocycles. The van der Waals surface area contributed by atoms with Crippen molar-refractivity contribution in [2.45, 2.75) is 26.1 Å². The molecule has 0 radical (unpaired) electrons. The molecule has 5 heteroatoms. The zero-order chi connectivity index (χ0) is 17.3. The SMILES string of the molecule is O=C(CCn1ccnc1)NCc1ccc(COc2ccccc2)cc1. The van der Waals surface area contributed by atoms with E-state index in [9.17, 15) is 4.79 Å². The number of nitrogens with zero attached hydrogens (tertiary/aromatic N) is 2. The number of nitrogens with one attached hydrogen (secondary N) is 1. The summed E-state index contributed by atoms with van der Waals surface area (Å²) < 4.78 is 7.61. The van der Waals surface area contributed by atoms with Gasteiger partial charge in [-0.2, -0.15) is 0 Å². The Hall–Kier alpha value is -3.08. The predicted octanol–water partition coefficient (Wildman–Crippen LogP) is 3.17. The minimum atomic E-state index is 0.0326. The van der Waals surface area contributed by atoms with E-state index in [1.165, 1.54) is 0 Å². The van der Waals surface area contributed by atoms with Gasteiger partial charge in [-0.3, -0.25) is 4.79 Å². The van der Waals surface area contributed by atoms with Crippen LogP contribution in [0, 0.1) is 0 Å². The predicted molar refractivity (Wildman–Crippen MR) is 95.9 cm³/mol. The topological polar surface area (TPSA) is 56.2 Å². The van der Waals surface area contributed by atoms with Crippen LogP contribution in [0.5, 0.6) is 5.75 Å². The monoisotopic (exact) mass is 335 g/mol. The minimum absolute atomic E-state index is 0.0326. The standard InChI is InChI=1S/C20H21N3O2/c24-20(10-12-23-13-11-21-16-23)22-14-17-6-8-18(9-7-17)15-25-19-4-2-1-3-5-19/h1-9,11,13,16H,10,12,14-15H2,(H,22,24). The van der Waals surface area contributed by atoms with Gasteiger partial charge in [0.25, 0.3) is 0 Å². The highest BCUT2D eigenvalue weighted by Gasteiger charge is 2.02. The lowest BCUT2D eigenvalue weighted by atomic mass is 10.1. The summed E-state index contributed by atoms with van der Waals surface area (Å²) in [5.74, 6) is 0.891. The highest BCUT2D eigenvalue weighted by Crippen LogP contribution is 2.12. The smallest absolute Gasteiger partial charge is 0.222 e. The number of aromatic nitrogens is 2. The summed E-state index contributed by atoms with van der Waals surface area (Å²) in [6.45, 7) is 1.70. The first-order valence-corrected chi connectivity index (χ1v) is 8.28. The highest BCUT2D eigenvalue weighted by atomic mass is 16.5. The summed E-state index contributed by atoms with van der Waals surface area (Å²) in [4.78, 5) is 15.8. The summed E-state index contributed by atoms with van der Waals surface area (Å²) in [6.07, 6.45) is 5.72. The number of carbonyl (C=O) groups is 1. The van der Waals surface area contributed by atoms with Gasteiger partial charge in [0.15, 0.2) is 0 Å². The molecule has 128 valence electrons. The van der Waals surface area contributed by atoms with Gasteiger partial charge in [0.2, 0.25) is 5.91 Å². The van der Waals surface area contributed by atoms with Crippen molar-refractivity contribution in [3.8, 4) is 5.75 Å². The molecule has 0 unspecified atom stereocenters. The Morgan fingerprint density at radius 1 is 1.04 bits per heavy atom. The number of amides is 1. The van der Waals surface area contributed by atoms with Crippen molar-refractivity contribution in [3.05, 3.63) is 84.4 Å². The van der Waals surface area contributed by atoms with Gasteiger partial charge in [0.1, 0.15) is 12.4 Å². The van der Waals surface area contributed by atoms with Crippen LogP contribution in [-0.2, 0) is 24.5 Å². The Balaban J connectivity index is 1.40. The second-order valence-corrected chi connectivity index (χ2v) is 5.75. The van der Waals surface area contributed by atoms with Crippen LogP contribution in [0.25, 0.3) is 0 Å². The summed E-state index contributed by atoms with van der Waals surface area (Å²) in [5, 5.41) is 2.93. The summed E-state index contributed by atoms with van der Waals surface area (Å²) in [5.41, 5.74) is 2.17. The fraction of sp³-hybridized carbons (Fsp3) is 0.200. The molecule has 0 bridgehead atoms. The first-order valence-electron chi connectivity index (χ1n) is 8.28. The molecule has 0 fully saturated rings. The van der Waals surface area contributed by atoms with Crippen molar-refractivity contribution in [2.75, 3.05) is 0 Å². The number of benzene rings is 2. The van der Waals surface area contributed by atoms with E-state index in [2.05, 4.69) is 10.3 Å². The minimum Gasteiger partial charge on any atom is -0.489 e. The van der Waals surface area contributed by atoms with Gasteiger partial charge in [0, 0.05) is 31.9 Å². The van der Waals surface area contributed by atoms with E-state index in [0.717, 1.165) is 16.9 Å². The fourth-order valence-corrected chi connectivity index (χ4v) is 2.38. The van der Waals surface area contributed by atoms with Gasteiger partial charge >= 0.3 is 0 Å². The summed E-state index contributed by atoms with van der Waals surface area (Å²) >= 11 is 0. The van der Waals surface area contributed by atoms with Crippen molar-refractivity contribution < 1.29 is 9.53 Å². The molecule has 1 N–H and O–H groups in total. The molecule has 3 rings (SSSR count). The van der Waals surface area contributed by atoms with Gasteiger partial charge < -0.3 is 14.6 Å². The zero-order valence-electron chi connectivity index (χ0n) is 14.0. The van der Waals surface area contributed by atoms with Gasteiger partial charge in [-0.05, 0) is 23.3 Å². The van der Waals surface area contributed by atoms with Crippen LogP contribution < -0.4 is 10.1 Å². The number of rotatable bonds is 8. The molecule has 0 aliphatic heterocycles. The molecule has 0 aliphatic rings. The first kappa shape index (κ1) is 16.8. The van der Waals surface area contributed by atoms with Crippen molar-refractivity contribution in [3.63, 3.8) is 0 Å². The molecule has 1 heterocycles. The number of ether oxygens (including phenoxy) is 1.